The Labute approximate surface area is 181 Å². The van der Waals surface area contributed by atoms with Gasteiger partial charge in [-0.15, -0.1) is 0 Å². The molecule has 2 aromatic rings. The number of aliphatic carboxylic acids is 1. The first-order valence-corrected chi connectivity index (χ1v) is 11.8. The Morgan fingerprint density at radius 2 is 1.87 bits per heavy atom. The molecule has 0 radical (unpaired) electrons. The molecular weight excluding hydrogens is 418 g/mol. The number of carboxylic acids is 1. The van der Waals surface area contributed by atoms with E-state index in [1.54, 1.807) is 18.2 Å². The molecule has 0 spiro atoms. The van der Waals surface area contributed by atoms with Crippen LogP contribution in [0.25, 0.3) is 0 Å². The first-order chi connectivity index (χ1) is 14.6. The number of nitrogens with zero attached hydrogens (tertiary/aromatic N) is 2. The first kappa shape index (κ1) is 22.5. The molecule has 1 amide bonds. The van der Waals surface area contributed by atoms with Crippen molar-refractivity contribution >= 4 is 33.3 Å². The van der Waals surface area contributed by atoms with Crippen LogP contribution in [0.3, 0.4) is 0 Å². The molecule has 1 atom stereocenters. The zero-order valence-corrected chi connectivity index (χ0v) is 18.2. The van der Waals surface area contributed by atoms with Gasteiger partial charge in [-0.2, -0.15) is 5.10 Å². The van der Waals surface area contributed by atoms with Crippen LogP contribution in [0.5, 0.6) is 0 Å². The third kappa shape index (κ3) is 6.14. The number of rotatable bonds is 8. The SMILES string of the molecule is Cc1ccc(C2CC(c3cccc(NS(C)(=O)=O)c3)=NN2C(=O)CCCC(=O)O)cc1. The van der Waals surface area contributed by atoms with Crippen LogP contribution in [-0.4, -0.2) is 42.4 Å². The van der Waals surface area contributed by atoms with Gasteiger partial charge < -0.3 is 5.11 Å². The van der Waals surface area contributed by atoms with Crippen LogP contribution >= 0.6 is 0 Å². The maximum atomic E-state index is 12.8. The summed E-state index contributed by atoms with van der Waals surface area (Å²) in [5.41, 5.74) is 3.82. The number of aryl methyl sites for hydroxylation is 1. The van der Waals surface area contributed by atoms with Crippen molar-refractivity contribution in [1.82, 2.24) is 5.01 Å². The van der Waals surface area contributed by atoms with Crippen LogP contribution in [0.1, 0.15) is 48.4 Å². The number of hydrogen-bond acceptors (Lipinski definition) is 5. The molecule has 3 rings (SSSR count). The number of carbonyl (C=O) groups excluding carboxylic acids is 1. The van der Waals surface area contributed by atoms with Crippen LogP contribution in [0.2, 0.25) is 0 Å². The predicted octanol–water partition coefficient (Wildman–Crippen LogP) is 3.30. The number of hydrazone groups is 1. The second-order valence-electron chi connectivity index (χ2n) is 7.62. The van der Waals surface area contributed by atoms with Crippen molar-refractivity contribution < 1.29 is 23.1 Å². The van der Waals surface area contributed by atoms with Gasteiger partial charge in [-0.05, 0) is 36.6 Å². The quantitative estimate of drug-likeness (QED) is 0.649. The Bertz CT molecular complexity index is 1110. The molecular formula is C22H25N3O5S. The van der Waals surface area contributed by atoms with E-state index in [0.717, 1.165) is 17.4 Å². The second-order valence-corrected chi connectivity index (χ2v) is 9.37. The van der Waals surface area contributed by atoms with E-state index < -0.39 is 16.0 Å². The lowest BCUT2D eigenvalue weighted by Crippen LogP contribution is -2.27. The van der Waals surface area contributed by atoms with Crippen molar-refractivity contribution in [2.24, 2.45) is 5.10 Å². The van der Waals surface area contributed by atoms with Gasteiger partial charge in [-0.25, -0.2) is 13.4 Å². The Kier molecular flexibility index (Phi) is 6.74. The summed E-state index contributed by atoms with van der Waals surface area (Å²) >= 11 is 0. The average Bonchev–Trinajstić information content (AvgIpc) is 3.13. The van der Waals surface area contributed by atoms with Crippen molar-refractivity contribution in [3.63, 3.8) is 0 Å². The molecule has 1 aliphatic heterocycles. The Morgan fingerprint density at radius 3 is 2.52 bits per heavy atom. The van der Waals surface area contributed by atoms with Gasteiger partial charge in [0.05, 0.1) is 18.0 Å². The molecule has 31 heavy (non-hydrogen) atoms. The fourth-order valence-electron chi connectivity index (χ4n) is 3.44. The number of nitrogens with one attached hydrogen (secondary N) is 1. The summed E-state index contributed by atoms with van der Waals surface area (Å²) < 4.78 is 25.6. The van der Waals surface area contributed by atoms with E-state index >= 15 is 0 Å². The normalized spacial score (nSPS) is 16.1. The van der Waals surface area contributed by atoms with Crippen molar-refractivity contribution in [2.75, 3.05) is 11.0 Å². The van der Waals surface area contributed by atoms with Crippen LogP contribution < -0.4 is 4.72 Å². The number of sulfonamides is 1. The number of hydrogen-bond donors (Lipinski definition) is 2. The van der Waals surface area contributed by atoms with E-state index in [1.165, 1.54) is 5.01 Å². The van der Waals surface area contributed by atoms with Gasteiger partial charge in [0.25, 0.3) is 0 Å². The van der Waals surface area contributed by atoms with Gasteiger partial charge in [-0.1, -0.05) is 42.0 Å². The monoisotopic (exact) mass is 443 g/mol. The fraction of sp³-hybridized carbons (Fsp3) is 0.318. The predicted molar refractivity (Wildman–Crippen MR) is 118 cm³/mol. The number of amides is 1. The highest BCUT2D eigenvalue weighted by Gasteiger charge is 2.32. The van der Waals surface area contributed by atoms with Crippen molar-refractivity contribution in [3.05, 3.63) is 65.2 Å². The fourth-order valence-corrected chi connectivity index (χ4v) is 4.00. The van der Waals surface area contributed by atoms with E-state index in [-0.39, 0.29) is 31.2 Å². The summed E-state index contributed by atoms with van der Waals surface area (Å²) in [6.45, 7) is 1.98. The molecule has 0 saturated heterocycles. The van der Waals surface area contributed by atoms with Crippen molar-refractivity contribution in [2.45, 2.75) is 38.6 Å². The summed E-state index contributed by atoms with van der Waals surface area (Å²) in [5, 5.41) is 14.8. The minimum Gasteiger partial charge on any atom is -0.481 e. The second kappa shape index (κ2) is 9.30. The zero-order valence-electron chi connectivity index (χ0n) is 17.4. The Balaban J connectivity index is 1.89. The van der Waals surface area contributed by atoms with E-state index in [2.05, 4.69) is 9.82 Å². The van der Waals surface area contributed by atoms with Crippen molar-refractivity contribution in [1.29, 1.82) is 0 Å². The summed E-state index contributed by atoms with van der Waals surface area (Å²) in [7, 11) is -3.42. The first-order valence-electron chi connectivity index (χ1n) is 9.88. The summed E-state index contributed by atoms with van der Waals surface area (Å²) in [6, 6.07) is 14.4. The molecule has 0 aromatic heterocycles. The molecule has 1 unspecified atom stereocenters. The standard InChI is InChI=1S/C22H25N3O5S/c1-15-9-11-16(12-10-15)20-14-19(23-25(20)21(26)7-4-8-22(27)28)17-5-3-6-18(13-17)24-31(2,29)30/h3,5-6,9-13,20,24H,4,7-8,14H2,1-2H3,(H,27,28). The van der Waals surface area contributed by atoms with E-state index in [1.807, 2.05) is 37.3 Å². The lowest BCUT2D eigenvalue weighted by Gasteiger charge is -2.22. The molecule has 2 aromatic carbocycles. The highest BCUT2D eigenvalue weighted by Crippen LogP contribution is 2.34. The third-order valence-corrected chi connectivity index (χ3v) is 5.51. The molecule has 0 aliphatic carbocycles. The lowest BCUT2D eigenvalue weighted by molar-refractivity contribution is -0.137. The van der Waals surface area contributed by atoms with Gasteiger partial charge >= 0.3 is 5.97 Å². The molecule has 8 nitrogen and oxygen atoms in total. The summed E-state index contributed by atoms with van der Waals surface area (Å²) in [5.74, 6) is -1.18. The van der Waals surface area contributed by atoms with Crippen LogP contribution in [0.4, 0.5) is 5.69 Å². The average molecular weight is 444 g/mol. The maximum Gasteiger partial charge on any atom is 0.303 e. The summed E-state index contributed by atoms with van der Waals surface area (Å²) in [4.78, 5) is 23.6. The van der Waals surface area contributed by atoms with E-state index in [0.29, 0.717) is 23.4 Å². The third-order valence-electron chi connectivity index (χ3n) is 4.91. The van der Waals surface area contributed by atoms with Crippen LogP contribution in [0.15, 0.2) is 53.6 Å². The van der Waals surface area contributed by atoms with E-state index in [4.69, 9.17) is 5.11 Å². The Hall–Kier alpha value is -3.20. The minimum atomic E-state index is -3.42. The van der Waals surface area contributed by atoms with Crippen LogP contribution in [0, 0.1) is 6.92 Å². The number of carbonyl (C=O) groups is 2. The van der Waals surface area contributed by atoms with Crippen molar-refractivity contribution in [3.8, 4) is 0 Å². The van der Waals surface area contributed by atoms with Gasteiger partial charge in [0.1, 0.15) is 0 Å². The van der Waals surface area contributed by atoms with Gasteiger partial charge in [0, 0.05) is 24.9 Å². The van der Waals surface area contributed by atoms with E-state index in [9.17, 15) is 18.0 Å². The minimum absolute atomic E-state index is 0.0788. The topological polar surface area (TPSA) is 116 Å². The molecule has 1 aliphatic rings. The molecule has 0 fully saturated rings. The highest BCUT2D eigenvalue weighted by molar-refractivity contribution is 7.92. The number of carboxylic acid groups (broad SMARTS) is 1. The summed E-state index contributed by atoms with van der Waals surface area (Å²) in [6.07, 6.45) is 1.79. The molecule has 9 heteroatoms. The molecule has 0 bridgehead atoms. The highest BCUT2D eigenvalue weighted by atomic mass is 32.2. The lowest BCUT2D eigenvalue weighted by atomic mass is 9.97. The van der Waals surface area contributed by atoms with Gasteiger partial charge in [0.15, 0.2) is 0 Å². The molecule has 164 valence electrons. The van der Waals surface area contributed by atoms with Crippen LogP contribution in [-0.2, 0) is 19.6 Å². The van der Waals surface area contributed by atoms with Gasteiger partial charge in [0.2, 0.25) is 15.9 Å². The smallest absolute Gasteiger partial charge is 0.303 e. The molecule has 1 heterocycles. The Morgan fingerprint density at radius 1 is 1.16 bits per heavy atom. The number of benzene rings is 2. The number of anilines is 1. The largest absolute Gasteiger partial charge is 0.481 e. The molecule has 2 N–H and O–H groups in total. The van der Waals surface area contributed by atoms with Gasteiger partial charge in [-0.3, -0.25) is 14.3 Å². The molecule has 0 saturated carbocycles. The zero-order chi connectivity index (χ0) is 22.6. The maximum absolute atomic E-state index is 12.8.